The number of carbonyl (C=O) groups excluding carboxylic acids is 2. The molecule has 4 rings (SSSR count). The molecule has 2 aromatic carbocycles. The van der Waals surface area contributed by atoms with Gasteiger partial charge in [0.2, 0.25) is 5.91 Å². The van der Waals surface area contributed by atoms with E-state index in [1.54, 1.807) is 6.07 Å². The Morgan fingerprint density at radius 2 is 1.97 bits per heavy atom. The number of H-pyrrole nitrogens is 1. The number of halogens is 1. The summed E-state index contributed by atoms with van der Waals surface area (Å²) in [6, 6.07) is 11.0. The first-order valence-electron chi connectivity index (χ1n) is 12.1. The minimum Gasteiger partial charge on any atom is -0.375 e. The largest absolute Gasteiger partial charge is 0.375 e. The van der Waals surface area contributed by atoms with E-state index in [4.69, 9.17) is 16.6 Å². The number of aryl methyl sites for hydroxylation is 1. The van der Waals surface area contributed by atoms with Crippen LogP contribution in [0.5, 0.6) is 0 Å². The summed E-state index contributed by atoms with van der Waals surface area (Å²) < 4.78 is 0. The van der Waals surface area contributed by atoms with Crippen LogP contribution in [0.25, 0.3) is 16.7 Å². The number of aromatic amines is 1. The van der Waals surface area contributed by atoms with Crippen molar-refractivity contribution in [3.05, 3.63) is 70.5 Å². The monoisotopic (exact) mass is 493 g/mol. The van der Waals surface area contributed by atoms with Crippen molar-refractivity contribution < 1.29 is 9.59 Å². The van der Waals surface area contributed by atoms with Crippen LogP contribution in [0.15, 0.2) is 43.0 Å². The number of likely N-dealkylation sites (tertiary alicyclic amines) is 1. The standard InChI is InChI=1S/C27H32ClN5O2/c1-4-29-25(34)12-11-23(26-31-22-10-8-20(28)16-24(22)32-26)30-18(3)19-7-9-21(17(2)15-19)27(35)33-13-5-6-14-33/h7-10,15-16,23,30H,3-6,11-14H2,1-2H3,(H,29,34)(H,31,32). The summed E-state index contributed by atoms with van der Waals surface area (Å²) in [7, 11) is 0. The number of imidazole rings is 1. The van der Waals surface area contributed by atoms with Crippen LogP contribution in [0.2, 0.25) is 5.02 Å². The van der Waals surface area contributed by atoms with Gasteiger partial charge in [-0.05, 0) is 74.6 Å². The Hall–Kier alpha value is -3.32. The molecule has 0 spiro atoms. The Balaban J connectivity index is 1.54. The fourth-order valence-corrected chi connectivity index (χ4v) is 4.65. The van der Waals surface area contributed by atoms with Crippen LogP contribution in [0.4, 0.5) is 0 Å². The van der Waals surface area contributed by atoms with Gasteiger partial charge in [-0.15, -0.1) is 0 Å². The molecule has 1 aromatic heterocycles. The van der Waals surface area contributed by atoms with Crippen LogP contribution in [0.1, 0.15) is 66.0 Å². The topological polar surface area (TPSA) is 90.1 Å². The van der Waals surface area contributed by atoms with Crippen LogP contribution >= 0.6 is 11.6 Å². The number of nitrogens with zero attached hydrogens (tertiary/aromatic N) is 2. The van der Waals surface area contributed by atoms with Gasteiger partial charge in [-0.25, -0.2) is 4.98 Å². The number of benzene rings is 2. The van der Waals surface area contributed by atoms with Crippen molar-refractivity contribution in [3.8, 4) is 0 Å². The highest BCUT2D eigenvalue weighted by Gasteiger charge is 2.22. The fraction of sp³-hybridized carbons (Fsp3) is 0.370. The summed E-state index contributed by atoms with van der Waals surface area (Å²) in [5, 5.41) is 6.93. The van der Waals surface area contributed by atoms with Gasteiger partial charge in [0.15, 0.2) is 0 Å². The Kier molecular flexibility index (Phi) is 7.76. The summed E-state index contributed by atoms with van der Waals surface area (Å²) in [4.78, 5) is 35.0. The van der Waals surface area contributed by atoms with Gasteiger partial charge in [0.05, 0.1) is 17.1 Å². The average molecular weight is 494 g/mol. The highest BCUT2D eigenvalue weighted by atomic mass is 35.5. The molecule has 7 nitrogen and oxygen atoms in total. The summed E-state index contributed by atoms with van der Waals surface area (Å²) >= 11 is 6.14. The van der Waals surface area contributed by atoms with Crippen molar-refractivity contribution in [2.45, 2.75) is 45.6 Å². The molecule has 0 aliphatic carbocycles. The fourth-order valence-electron chi connectivity index (χ4n) is 4.48. The lowest BCUT2D eigenvalue weighted by Gasteiger charge is -2.21. The zero-order chi connectivity index (χ0) is 24.9. The van der Waals surface area contributed by atoms with E-state index in [0.29, 0.717) is 35.9 Å². The molecule has 35 heavy (non-hydrogen) atoms. The van der Waals surface area contributed by atoms with Crippen LogP contribution in [-0.2, 0) is 4.79 Å². The molecule has 3 aromatic rings. The van der Waals surface area contributed by atoms with Crippen LogP contribution < -0.4 is 10.6 Å². The number of aromatic nitrogens is 2. The molecule has 0 saturated carbocycles. The Morgan fingerprint density at radius 3 is 2.69 bits per heavy atom. The second-order valence-corrected chi connectivity index (χ2v) is 9.42. The quantitative estimate of drug-likeness (QED) is 0.392. The first-order valence-corrected chi connectivity index (χ1v) is 12.5. The van der Waals surface area contributed by atoms with E-state index in [-0.39, 0.29) is 17.9 Å². The molecule has 2 heterocycles. The maximum Gasteiger partial charge on any atom is 0.254 e. The normalized spacial score (nSPS) is 14.2. The maximum atomic E-state index is 12.9. The summed E-state index contributed by atoms with van der Waals surface area (Å²) in [5.74, 6) is 0.792. The van der Waals surface area contributed by atoms with Crippen LogP contribution in [0, 0.1) is 6.92 Å². The summed E-state index contributed by atoms with van der Waals surface area (Å²) in [6.45, 7) is 10.3. The third-order valence-electron chi connectivity index (χ3n) is 6.37. The highest BCUT2D eigenvalue weighted by Crippen LogP contribution is 2.26. The van der Waals surface area contributed by atoms with Gasteiger partial charge in [-0.3, -0.25) is 9.59 Å². The number of rotatable bonds is 9. The molecule has 1 aliphatic heterocycles. The second-order valence-electron chi connectivity index (χ2n) is 8.98. The molecular weight excluding hydrogens is 462 g/mol. The molecule has 1 atom stereocenters. The van der Waals surface area contributed by atoms with Crippen molar-refractivity contribution >= 4 is 40.1 Å². The lowest BCUT2D eigenvalue weighted by atomic mass is 10.0. The van der Waals surface area contributed by atoms with E-state index in [1.165, 1.54) is 0 Å². The number of amides is 2. The molecule has 0 radical (unpaired) electrons. The van der Waals surface area contributed by atoms with Crippen molar-refractivity contribution in [1.82, 2.24) is 25.5 Å². The molecule has 2 amide bonds. The van der Waals surface area contributed by atoms with Crippen molar-refractivity contribution in [3.63, 3.8) is 0 Å². The molecule has 184 valence electrons. The van der Waals surface area contributed by atoms with E-state index in [2.05, 4.69) is 22.2 Å². The number of hydrogen-bond acceptors (Lipinski definition) is 4. The predicted octanol–water partition coefficient (Wildman–Crippen LogP) is 4.98. The zero-order valence-electron chi connectivity index (χ0n) is 20.3. The van der Waals surface area contributed by atoms with E-state index in [9.17, 15) is 9.59 Å². The molecule has 3 N–H and O–H groups in total. The van der Waals surface area contributed by atoms with Gasteiger partial charge in [-0.2, -0.15) is 0 Å². The van der Waals surface area contributed by atoms with E-state index < -0.39 is 0 Å². The lowest BCUT2D eigenvalue weighted by Crippen LogP contribution is -2.28. The lowest BCUT2D eigenvalue weighted by molar-refractivity contribution is -0.121. The van der Waals surface area contributed by atoms with Gasteiger partial charge in [0.25, 0.3) is 5.91 Å². The summed E-state index contributed by atoms with van der Waals surface area (Å²) in [6.07, 6.45) is 3.01. The van der Waals surface area contributed by atoms with E-state index in [0.717, 1.165) is 53.7 Å². The Morgan fingerprint density at radius 1 is 1.20 bits per heavy atom. The highest BCUT2D eigenvalue weighted by molar-refractivity contribution is 6.31. The Labute approximate surface area is 210 Å². The van der Waals surface area contributed by atoms with Crippen molar-refractivity contribution in [2.75, 3.05) is 19.6 Å². The minimum atomic E-state index is -0.262. The van der Waals surface area contributed by atoms with E-state index >= 15 is 0 Å². The molecule has 1 unspecified atom stereocenters. The molecule has 8 heteroatoms. The van der Waals surface area contributed by atoms with Crippen molar-refractivity contribution in [2.24, 2.45) is 0 Å². The third-order valence-corrected chi connectivity index (χ3v) is 6.61. The molecular formula is C27H32ClN5O2. The van der Waals surface area contributed by atoms with Crippen LogP contribution in [0.3, 0.4) is 0 Å². The predicted molar refractivity (Wildman–Crippen MR) is 140 cm³/mol. The smallest absolute Gasteiger partial charge is 0.254 e. The Bertz CT molecular complexity index is 1250. The third kappa shape index (κ3) is 5.85. The number of hydrogen-bond donors (Lipinski definition) is 3. The molecule has 0 bridgehead atoms. The molecule has 1 saturated heterocycles. The minimum absolute atomic E-state index is 0.00955. The first-order chi connectivity index (χ1) is 16.9. The number of fused-ring (bicyclic) bond motifs is 1. The maximum absolute atomic E-state index is 12.9. The molecule has 1 aliphatic rings. The second kappa shape index (κ2) is 11.0. The first kappa shape index (κ1) is 24.8. The van der Waals surface area contributed by atoms with Gasteiger partial charge in [0, 0.05) is 42.3 Å². The van der Waals surface area contributed by atoms with Crippen LogP contribution in [-0.4, -0.2) is 46.3 Å². The van der Waals surface area contributed by atoms with Gasteiger partial charge in [-0.1, -0.05) is 24.2 Å². The van der Waals surface area contributed by atoms with Gasteiger partial charge >= 0.3 is 0 Å². The van der Waals surface area contributed by atoms with Crippen molar-refractivity contribution in [1.29, 1.82) is 0 Å². The average Bonchev–Trinajstić information content (AvgIpc) is 3.51. The van der Waals surface area contributed by atoms with Gasteiger partial charge < -0.3 is 20.5 Å². The number of carbonyl (C=O) groups is 2. The zero-order valence-corrected chi connectivity index (χ0v) is 21.0. The summed E-state index contributed by atoms with van der Waals surface area (Å²) in [5.41, 5.74) is 4.88. The number of nitrogens with one attached hydrogen (secondary N) is 3. The SMILES string of the molecule is C=C(NC(CCC(=O)NCC)c1nc2ccc(Cl)cc2[nH]1)c1ccc(C(=O)N2CCCC2)c(C)c1. The van der Waals surface area contributed by atoms with E-state index in [1.807, 2.05) is 49.1 Å². The molecule has 1 fully saturated rings. The van der Waals surface area contributed by atoms with Gasteiger partial charge in [0.1, 0.15) is 5.82 Å².